The molecular weight excluding hydrogens is 773 g/mol. The Morgan fingerprint density at radius 3 is 2.33 bits per heavy atom. The van der Waals surface area contributed by atoms with E-state index in [0.29, 0.717) is 35.0 Å². The van der Waals surface area contributed by atoms with Gasteiger partial charge < -0.3 is 25.0 Å². The largest absolute Gasteiger partial charge is 0.497 e. The first-order chi connectivity index (χ1) is 27.1. The van der Waals surface area contributed by atoms with E-state index in [-0.39, 0.29) is 25.5 Å². The molecule has 0 spiro atoms. The monoisotopic (exact) mass is 822 g/mol. The fourth-order valence-electron chi connectivity index (χ4n) is 7.71. The van der Waals surface area contributed by atoms with Crippen LogP contribution in [0.3, 0.4) is 0 Å². The second-order valence-electron chi connectivity index (χ2n) is 16.5. The van der Waals surface area contributed by atoms with Crippen LogP contribution in [0.2, 0.25) is 0 Å². The number of sulfonamides is 1. The summed E-state index contributed by atoms with van der Waals surface area (Å²) in [4.78, 5) is 63.6. The van der Waals surface area contributed by atoms with Gasteiger partial charge in [-0.05, 0) is 74.6 Å². The number of amides is 4. The normalized spacial score (nSPS) is 24.3. The van der Waals surface area contributed by atoms with Gasteiger partial charge in [0, 0.05) is 36.0 Å². The highest BCUT2D eigenvalue weighted by Gasteiger charge is 2.62. The molecule has 1 aromatic carbocycles. The highest BCUT2D eigenvalue weighted by atomic mass is 32.2. The first-order valence-corrected chi connectivity index (χ1v) is 21.9. The minimum absolute atomic E-state index is 0.0168. The van der Waals surface area contributed by atoms with Crippen molar-refractivity contribution in [2.45, 2.75) is 114 Å². The Hall–Kier alpha value is -4.84. The molecule has 18 heteroatoms. The lowest BCUT2D eigenvalue weighted by molar-refractivity contribution is -0.142. The Morgan fingerprint density at radius 2 is 1.74 bits per heavy atom. The summed E-state index contributed by atoms with van der Waals surface area (Å²) in [5.74, 6) is -1.90. The van der Waals surface area contributed by atoms with E-state index in [4.69, 9.17) is 19.7 Å². The molecule has 16 nitrogen and oxygen atoms in total. The van der Waals surface area contributed by atoms with E-state index in [9.17, 15) is 27.6 Å². The van der Waals surface area contributed by atoms with Crippen molar-refractivity contribution in [1.82, 2.24) is 40.2 Å². The van der Waals surface area contributed by atoms with Crippen molar-refractivity contribution in [2.75, 3.05) is 13.7 Å². The number of rotatable bonds is 13. The molecule has 7 rings (SSSR count). The Kier molecular flexibility index (Phi) is 11.2. The molecule has 1 saturated heterocycles. The average molecular weight is 823 g/mol. The zero-order valence-corrected chi connectivity index (χ0v) is 34.2. The number of carbonyl (C=O) groups is 4. The molecule has 3 N–H and O–H groups in total. The molecule has 306 valence electrons. The maximum absolute atomic E-state index is 14.8. The summed E-state index contributed by atoms with van der Waals surface area (Å²) in [5.41, 5.74) is -0.576. The van der Waals surface area contributed by atoms with E-state index in [1.54, 1.807) is 13.3 Å². The lowest BCUT2D eigenvalue weighted by atomic mass is 9.85. The van der Waals surface area contributed by atoms with Gasteiger partial charge in [-0.3, -0.25) is 19.1 Å². The van der Waals surface area contributed by atoms with Gasteiger partial charge in [-0.15, -0.1) is 23.0 Å². The first-order valence-electron chi connectivity index (χ1n) is 19.4. The summed E-state index contributed by atoms with van der Waals surface area (Å²) in [6.45, 7) is 9.23. The summed E-state index contributed by atoms with van der Waals surface area (Å²) in [6, 6.07) is 4.46. The number of nitrogens with zero attached hydrogens (tertiary/aromatic N) is 5. The van der Waals surface area contributed by atoms with E-state index < -0.39 is 74.1 Å². The molecule has 57 heavy (non-hydrogen) atoms. The minimum Gasteiger partial charge on any atom is -0.497 e. The van der Waals surface area contributed by atoms with Crippen LogP contribution >= 0.6 is 11.3 Å². The van der Waals surface area contributed by atoms with Crippen LogP contribution in [0.5, 0.6) is 5.75 Å². The van der Waals surface area contributed by atoms with Gasteiger partial charge in [-0.25, -0.2) is 18.2 Å². The number of thiazole rings is 1. The number of hydrogen-bond donors (Lipinski definition) is 3. The van der Waals surface area contributed by atoms with Gasteiger partial charge in [0.1, 0.15) is 45.9 Å². The predicted molar refractivity (Wildman–Crippen MR) is 211 cm³/mol. The first kappa shape index (κ1) is 40.4. The molecular formula is C39H50N8O8S2. The van der Waals surface area contributed by atoms with Crippen molar-refractivity contribution >= 4 is 45.2 Å². The van der Waals surface area contributed by atoms with Crippen LogP contribution in [0.15, 0.2) is 48.5 Å². The van der Waals surface area contributed by atoms with Crippen molar-refractivity contribution in [3.8, 4) is 27.7 Å². The fraction of sp³-hybridized carbons (Fsp3) is 0.564. The third kappa shape index (κ3) is 8.56. The van der Waals surface area contributed by atoms with Gasteiger partial charge in [-0.2, -0.15) is 9.90 Å². The summed E-state index contributed by atoms with van der Waals surface area (Å²) < 4.78 is 38.9. The molecule has 0 bridgehead atoms. The molecule has 4 aliphatic rings. The lowest BCUT2D eigenvalue weighted by Gasteiger charge is -2.36. The topological polar surface area (TPSA) is 204 Å². The number of nitrogens with one attached hydrogen (secondary N) is 3. The number of likely N-dealkylation sites (tertiary alicyclic amines) is 1. The second kappa shape index (κ2) is 15.8. The molecule has 2 aromatic heterocycles. The molecule has 4 fully saturated rings. The lowest BCUT2D eigenvalue weighted by Crippen LogP contribution is -2.60. The number of alkyl carbamates (subject to hydrolysis) is 1. The van der Waals surface area contributed by atoms with Crippen LogP contribution in [0.25, 0.3) is 22.0 Å². The Balaban J connectivity index is 1.21. The Morgan fingerprint density at radius 1 is 1.04 bits per heavy atom. The number of hydrogen-bond acceptors (Lipinski definition) is 12. The third-order valence-electron chi connectivity index (χ3n) is 11.3. The summed E-state index contributed by atoms with van der Waals surface area (Å²) in [6.07, 6.45) is 7.80. The van der Waals surface area contributed by atoms with Gasteiger partial charge in [0.05, 0.1) is 18.4 Å². The van der Waals surface area contributed by atoms with Gasteiger partial charge in [-0.1, -0.05) is 33.3 Å². The van der Waals surface area contributed by atoms with Crippen molar-refractivity contribution in [2.24, 2.45) is 11.3 Å². The second-order valence-corrected chi connectivity index (χ2v) is 19.3. The van der Waals surface area contributed by atoms with E-state index in [1.807, 2.05) is 50.4 Å². The highest BCUT2D eigenvalue weighted by molar-refractivity contribution is 7.91. The minimum atomic E-state index is -3.92. The number of carbonyl (C=O) groups excluding carboxylic acids is 4. The molecule has 0 unspecified atom stereocenters. The average Bonchev–Trinajstić information content (AvgIpc) is 3.95. The predicted octanol–water partition coefficient (Wildman–Crippen LogP) is 4.36. The smallest absolute Gasteiger partial charge is 0.408 e. The molecule has 3 saturated carbocycles. The third-order valence-corrected chi connectivity index (χ3v) is 13.9. The molecule has 0 radical (unpaired) electrons. The summed E-state index contributed by atoms with van der Waals surface area (Å²) >= 11 is 1.39. The van der Waals surface area contributed by atoms with Gasteiger partial charge in [0.25, 0.3) is 5.91 Å². The summed E-state index contributed by atoms with van der Waals surface area (Å²) in [5, 5.41) is 17.2. The zero-order chi connectivity index (χ0) is 40.7. The van der Waals surface area contributed by atoms with Crippen molar-refractivity contribution in [3.05, 3.63) is 48.5 Å². The number of ether oxygens (including phenoxy) is 2. The zero-order valence-electron chi connectivity index (χ0n) is 32.6. The molecule has 3 aromatic rings. The van der Waals surface area contributed by atoms with Gasteiger partial charge >= 0.3 is 6.09 Å². The van der Waals surface area contributed by atoms with E-state index >= 15 is 0 Å². The number of aromatic nitrogens is 4. The van der Waals surface area contributed by atoms with Crippen LogP contribution in [-0.4, -0.2) is 99.7 Å². The van der Waals surface area contributed by atoms with Crippen LogP contribution < -0.4 is 20.1 Å². The molecule has 3 aliphatic carbocycles. The molecule has 5 atom stereocenters. The number of methoxy groups -OCH3 is 1. The van der Waals surface area contributed by atoms with Crippen molar-refractivity contribution in [1.29, 1.82) is 0 Å². The molecule has 3 heterocycles. The highest BCUT2D eigenvalue weighted by Crippen LogP contribution is 2.46. The van der Waals surface area contributed by atoms with Crippen molar-refractivity contribution in [3.63, 3.8) is 0 Å². The number of benzene rings is 1. The SMILES string of the molecule is C=C[C@@H]1C[C@@]1(NC(=O)[C@@H]1C[C@@H](n2nc(-c3ccc(OC)cc3)c(-c3nccs3)n2)CN1C(=O)[C@@H](NC(=O)OC1CCCCC1)C(C)(C)C)C(=O)NS(=O)(=O)C1CC1. The fourth-order valence-corrected chi connectivity index (χ4v) is 9.69. The van der Waals surface area contributed by atoms with E-state index in [1.165, 1.54) is 27.1 Å². The van der Waals surface area contributed by atoms with Crippen LogP contribution in [0.1, 0.15) is 84.6 Å². The van der Waals surface area contributed by atoms with E-state index in [2.05, 4.69) is 26.9 Å². The maximum Gasteiger partial charge on any atom is 0.408 e. The Labute approximate surface area is 336 Å². The van der Waals surface area contributed by atoms with Crippen LogP contribution in [-0.2, 0) is 29.1 Å². The van der Waals surface area contributed by atoms with Crippen molar-refractivity contribution < 1.29 is 37.1 Å². The van der Waals surface area contributed by atoms with Gasteiger partial charge in [0.15, 0.2) is 0 Å². The molecule has 4 amide bonds. The Bertz CT molecular complexity index is 2110. The molecule has 1 aliphatic heterocycles. The van der Waals surface area contributed by atoms with Crippen LogP contribution in [0.4, 0.5) is 4.79 Å². The van der Waals surface area contributed by atoms with Crippen LogP contribution in [0, 0.1) is 11.3 Å². The maximum atomic E-state index is 14.8. The quantitative estimate of drug-likeness (QED) is 0.207. The van der Waals surface area contributed by atoms with Gasteiger partial charge in [0.2, 0.25) is 21.8 Å². The standard InChI is InChI=1S/C39H50N8O8S2/c1-6-24-21-39(24,36(50)45-57(52,53)28-16-17-28)42-33(48)29-20-25(22-46(29)35(49)32(38(2,3)4)41-37(51)55-27-10-8-7-9-11-27)47-43-30(23-12-14-26(54-5)15-13-23)31(44-47)34-40-18-19-56-34/h6,12-15,18-19,24-25,27-29,32H,1,7-11,16-17,20-22H2,2-5H3,(H,41,51)(H,42,48)(H,45,50)/t24-,25-,29+,32-,39+/m1/s1. The van der Waals surface area contributed by atoms with E-state index in [0.717, 1.165) is 37.7 Å². The summed E-state index contributed by atoms with van der Waals surface area (Å²) in [7, 11) is -2.34.